The summed E-state index contributed by atoms with van der Waals surface area (Å²) in [6.07, 6.45) is 5.46. The van der Waals surface area contributed by atoms with Crippen LogP contribution in [0.15, 0.2) is 34.9 Å². The maximum absolute atomic E-state index is 12.3. The molecule has 3 rings (SSSR count). The summed E-state index contributed by atoms with van der Waals surface area (Å²) in [5.41, 5.74) is 8.77. The largest absolute Gasteiger partial charge is 0.444 e. The van der Waals surface area contributed by atoms with Gasteiger partial charge >= 0.3 is 0 Å². The Morgan fingerprint density at radius 3 is 2.80 bits per heavy atom. The maximum Gasteiger partial charge on any atom is 0.226 e. The number of aryl methyl sites for hydroxylation is 1. The van der Waals surface area contributed by atoms with Crippen LogP contribution in [0.3, 0.4) is 0 Å². The van der Waals surface area contributed by atoms with Gasteiger partial charge in [-0.3, -0.25) is 4.79 Å². The Morgan fingerprint density at radius 2 is 2.08 bits per heavy atom. The lowest BCUT2D eigenvalue weighted by Crippen LogP contribution is -2.36. The molecule has 6 heteroatoms. The van der Waals surface area contributed by atoms with Gasteiger partial charge in [0.05, 0.1) is 5.69 Å². The molecule has 1 aromatic heterocycles. The minimum atomic E-state index is 0. The normalized spacial score (nSPS) is 19.4. The van der Waals surface area contributed by atoms with Crippen molar-refractivity contribution in [2.24, 2.45) is 17.6 Å². The molecule has 0 saturated heterocycles. The molecule has 5 nitrogen and oxygen atoms in total. The Labute approximate surface area is 154 Å². The molecule has 1 saturated carbocycles. The maximum atomic E-state index is 12.3. The highest BCUT2D eigenvalue weighted by Gasteiger charge is 2.31. The number of hydrogen-bond acceptors (Lipinski definition) is 4. The SMILES string of the molecule is Cc1ccc(-c2nc(CCNC(=O)[C@@H]3CCC[C@@H]3CN)co2)cc1.Cl. The lowest BCUT2D eigenvalue weighted by molar-refractivity contribution is -0.125. The summed E-state index contributed by atoms with van der Waals surface area (Å²) in [6.45, 7) is 3.22. The highest BCUT2D eigenvalue weighted by atomic mass is 35.5. The van der Waals surface area contributed by atoms with Crippen molar-refractivity contribution in [2.45, 2.75) is 32.6 Å². The number of nitrogens with zero attached hydrogens (tertiary/aromatic N) is 1. The fourth-order valence-corrected chi connectivity index (χ4v) is 3.36. The standard InChI is InChI=1S/C19H25N3O2.ClH/c1-13-5-7-14(8-6-13)19-22-16(12-24-19)9-10-21-18(23)17-4-2-3-15(17)11-20;/h5-8,12,15,17H,2-4,9-11,20H2,1H3,(H,21,23);1H/t15-,17-;/m1./s1. The van der Waals surface area contributed by atoms with E-state index in [0.717, 1.165) is 30.5 Å². The molecule has 0 unspecified atom stereocenters. The van der Waals surface area contributed by atoms with E-state index in [1.54, 1.807) is 6.26 Å². The fraction of sp³-hybridized carbons (Fsp3) is 0.474. The minimum Gasteiger partial charge on any atom is -0.444 e. The Hall–Kier alpha value is -1.85. The number of aromatic nitrogens is 1. The van der Waals surface area contributed by atoms with Crippen molar-refractivity contribution in [3.05, 3.63) is 41.8 Å². The lowest BCUT2D eigenvalue weighted by Gasteiger charge is -2.17. The molecular formula is C19H26ClN3O2. The van der Waals surface area contributed by atoms with E-state index in [1.807, 2.05) is 31.2 Å². The zero-order valence-electron chi connectivity index (χ0n) is 14.5. The molecule has 1 amide bonds. The Bertz CT molecular complexity index is 684. The number of nitrogens with two attached hydrogens (primary N) is 1. The highest BCUT2D eigenvalue weighted by molar-refractivity contribution is 5.85. The first-order valence-electron chi connectivity index (χ1n) is 8.66. The van der Waals surface area contributed by atoms with Crippen LogP contribution in [0.4, 0.5) is 0 Å². The van der Waals surface area contributed by atoms with Gasteiger partial charge in [-0.05, 0) is 44.4 Å². The van der Waals surface area contributed by atoms with Crippen molar-refractivity contribution in [1.29, 1.82) is 0 Å². The van der Waals surface area contributed by atoms with Gasteiger partial charge in [0.2, 0.25) is 11.8 Å². The minimum absolute atomic E-state index is 0. The molecule has 2 aromatic rings. The molecule has 1 heterocycles. The van der Waals surface area contributed by atoms with E-state index < -0.39 is 0 Å². The van der Waals surface area contributed by atoms with Crippen LogP contribution in [0.1, 0.15) is 30.5 Å². The molecule has 1 aromatic carbocycles. The molecule has 3 N–H and O–H groups in total. The van der Waals surface area contributed by atoms with Crippen molar-refractivity contribution >= 4 is 18.3 Å². The van der Waals surface area contributed by atoms with Crippen LogP contribution in [0.25, 0.3) is 11.5 Å². The zero-order chi connectivity index (χ0) is 16.9. The Kier molecular flexibility index (Phi) is 7.02. The fourth-order valence-electron chi connectivity index (χ4n) is 3.36. The lowest BCUT2D eigenvalue weighted by atomic mass is 9.95. The van der Waals surface area contributed by atoms with E-state index in [0.29, 0.717) is 31.3 Å². The highest BCUT2D eigenvalue weighted by Crippen LogP contribution is 2.30. The van der Waals surface area contributed by atoms with Gasteiger partial charge in [-0.15, -0.1) is 12.4 Å². The van der Waals surface area contributed by atoms with E-state index in [4.69, 9.17) is 10.2 Å². The number of halogens is 1. The molecule has 0 bridgehead atoms. The number of nitrogens with one attached hydrogen (secondary N) is 1. The van der Waals surface area contributed by atoms with Crippen LogP contribution >= 0.6 is 12.4 Å². The summed E-state index contributed by atoms with van der Waals surface area (Å²) in [7, 11) is 0. The van der Waals surface area contributed by atoms with Crippen molar-refractivity contribution in [3.8, 4) is 11.5 Å². The molecule has 0 aliphatic heterocycles. The summed E-state index contributed by atoms with van der Waals surface area (Å²) in [5, 5.41) is 3.02. The van der Waals surface area contributed by atoms with E-state index in [1.165, 1.54) is 5.56 Å². The second-order valence-electron chi connectivity index (χ2n) is 6.58. The van der Waals surface area contributed by atoms with Crippen LogP contribution in [-0.2, 0) is 11.2 Å². The molecule has 0 spiro atoms. The van der Waals surface area contributed by atoms with Crippen molar-refractivity contribution in [2.75, 3.05) is 13.1 Å². The third kappa shape index (κ3) is 4.83. The summed E-state index contributed by atoms with van der Waals surface area (Å²) < 4.78 is 5.54. The van der Waals surface area contributed by atoms with Crippen LogP contribution in [0, 0.1) is 18.8 Å². The molecule has 2 atom stereocenters. The van der Waals surface area contributed by atoms with Crippen LogP contribution in [-0.4, -0.2) is 24.0 Å². The molecule has 1 aliphatic carbocycles. The van der Waals surface area contributed by atoms with E-state index in [-0.39, 0.29) is 24.2 Å². The number of oxazole rings is 1. The summed E-state index contributed by atoms with van der Waals surface area (Å²) in [6, 6.07) is 8.07. The van der Waals surface area contributed by atoms with E-state index >= 15 is 0 Å². The molecule has 1 aliphatic rings. The first-order chi connectivity index (χ1) is 11.7. The smallest absolute Gasteiger partial charge is 0.226 e. The van der Waals surface area contributed by atoms with Gasteiger partial charge in [-0.1, -0.05) is 24.1 Å². The zero-order valence-corrected chi connectivity index (χ0v) is 15.3. The third-order valence-electron chi connectivity index (χ3n) is 4.83. The number of benzene rings is 1. The molecule has 25 heavy (non-hydrogen) atoms. The van der Waals surface area contributed by atoms with Gasteiger partial charge in [0, 0.05) is 24.4 Å². The number of carbonyl (C=O) groups excluding carboxylic acids is 1. The second-order valence-corrected chi connectivity index (χ2v) is 6.58. The monoisotopic (exact) mass is 363 g/mol. The van der Waals surface area contributed by atoms with Crippen molar-refractivity contribution < 1.29 is 9.21 Å². The van der Waals surface area contributed by atoms with Gasteiger partial charge < -0.3 is 15.5 Å². The first kappa shape index (κ1) is 19.5. The number of hydrogen-bond donors (Lipinski definition) is 2. The van der Waals surface area contributed by atoms with Crippen molar-refractivity contribution in [3.63, 3.8) is 0 Å². The van der Waals surface area contributed by atoms with Gasteiger partial charge in [0.1, 0.15) is 6.26 Å². The predicted octanol–water partition coefficient (Wildman–Crippen LogP) is 3.11. The average molecular weight is 364 g/mol. The van der Waals surface area contributed by atoms with Crippen LogP contribution < -0.4 is 11.1 Å². The van der Waals surface area contributed by atoms with Gasteiger partial charge in [-0.2, -0.15) is 0 Å². The number of rotatable bonds is 6. The summed E-state index contributed by atoms with van der Waals surface area (Å²) >= 11 is 0. The first-order valence-corrected chi connectivity index (χ1v) is 8.66. The van der Waals surface area contributed by atoms with E-state index in [2.05, 4.69) is 10.3 Å². The van der Waals surface area contributed by atoms with Gasteiger partial charge in [-0.25, -0.2) is 4.98 Å². The van der Waals surface area contributed by atoms with Gasteiger partial charge in [0.15, 0.2) is 0 Å². The second kappa shape index (κ2) is 9.02. The molecular weight excluding hydrogens is 338 g/mol. The molecule has 1 fully saturated rings. The Balaban J connectivity index is 0.00000225. The van der Waals surface area contributed by atoms with Gasteiger partial charge in [0.25, 0.3) is 0 Å². The van der Waals surface area contributed by atoms with Crippen molar-refractivity contribution in [1.82, 2.24) is 10.3 Å². The summed E-state index contributed by atoms with van der Waals surface area (Å²) in [5.74, 6) is 1.17. The quantitative estimate of drug-likeness (QED) is 0.826. The molecule has 136 valence electrons. The topological polar surface area (TPSA) is 81.2 Å². The molecule has 0 radical (unpaired) electrons. The number of carbonyl (C=O) groups is 1. The Morgan fingerprint density at radius 1 is 1.32 bits per heavy atom. The van der Waals surface area contributed by atoms with Crippen LogP contribution in [0.2, 0.25) is 0 Å². The van der Waals surface area contributed by atoms with E-state index in [9.17, 15) is 4.79 Å². The average Bonchev–Trinajstić information content (AvgIpc) is 3.24. The number of amides is 1. The third-order valence-corrected chi connectivity index (χ3v) is 4.83. The summed E-state index contributed by atoms with van der Waals surface area (Å²) in [4.78, 5) is 16.8. The van der Waals surface area contributed by atoms with Crippen LogP contribution in [0.5, 0.6) is 0 Å². The predicted molar refractivity (Wildman–Crippen MR) is 101 cm³/mol.